The molecule has 0 aliphatic rings. The minimum absolute atomic E-state index is 0.404. The summed E-state index contributed by atoms with van der Waals surface area (Å²) in [5.41, 5.74) is 7.26. The fourth-order valence-corrected chi connectivity index (χ4v) is 1.61. The van der Waals surface area contributed by atoms with E-state index in [1.165, 1.54) is 0 Å². The SMILES string of the molecule is Nc1nc2ccc(Oc3ccncc3)cc2[nH]1. The van der Waals surface area contributed by atoms with E-state index in [9.17, 15) is 0 Å². The number of hydrogen-bond acceptors (Lipinski definition) is 4. The van der Waals surface area contributed by atoms with E-state index in [1.807, 2.05) is 18.2 Å². The molecule has 0 fully saturated rings. The second-order valence-electron chi connectivity index (χ2n) is 3.59. The van der Waals surface area contributed by atoms with Gasteiger partial charge in [0, 0.05) is 18.5 Å². The Hall–Kier alpha value is -2.56. The molecule has 0 saturated heterocycles. The van der Waals surface area contributed by atoms with E-state index in [0.717, 1.165) is 22.5 Å². The van der Waals surface area contributed by atoms with E-state index < -0.39 is 0 Å². The number of pyridine rings is 1. The maximum atomic E-state index is 5.67. The number of anilines is 1. The summed E-state index contributed by atoms with van der Waals surface area (Å²) in [6.45, 7) is 0. The van der Waals surface area contributed by atoms with Crippen molar-refractivity contribution in [2.45, 2.75) is 0 Å². The van der Waals surface area contributed by atoms with Gasteiger partial charge < -0.3 is 15.5 Å². The van der Waals surface area contributed by atoms with Crippen LogP contribution in [0.1, 0.15) is 0 Å². The van der Waals surface area contributed by atoms with Gasteiger partial charge in [0.05, 0.1) is 11.0 Å². The minimum atomic E-state index is 0.404. The van der Waals surface area contributed by atoms with Crippen molar-refractivity contribution in [1.29, 1.82) is 0 Å². The van der Waals surface area contributed by atoms with Crippen molar-refractivity contribution >= 4 is 17.0 Å². The zero-order valence-corrected chi connectivity index (χ0v) is 8.92. The van der Waals surface area contributed by atoms with Gasteiger partial charge in [0.1, 0.15) is 11.5 Å². The van der Waals surface area contributed by atoms with Gasteiger partial charge in [-0.05, 0) is 24.3 Å². The molecule has 0 atom stereocenters. The molecule has 0 saturated carbocycles. The van der Waals surface area contributed by atoms with Crippen molar-refractivity contribution in [3.63, 3.8) is 0 Å². The fraction of sp³-hybridized carbons (Fsp3) is 0. The Bertz CT molecular complexity index is 648. The summed E-state index contributed by atoms with van der Waals surface area (Å²) in [6, 6.07) is 9.16. The van der Waals surface area contributed by atoms with Crippen molar-refractivity contribution in [1.82, 2.24) is 15.0 Å². The topological polar surface area (TPSA) is 76.8 Å². The van der Waals surface area contributed by atoms with Crippen LogP contribution in [0.5, 0.6) is 11.5 Å². The number of H-pyrrole nitrogens is 1. The molecule has 3 rings (SSSR count). The fourth-order valence-electron chi connectivity index (χ4n) is 1.61. The highest BCUT2D eigenvalue weighted by Crippen LogP contribution is 2.24. The molecule has 0 spiro atoms. The number of aromatic nitrogens is 3. The molecule has 0 bridgehead atoms. The Morgan fingerprint density at radius 1 is 1.06 bits per heavy atom. The highest BCUT2D eigenvalue weighted by molar-refractivity contribution is 5.78. The van der Waals surface area contributed by atoms with Crippen LogP contribution in [0.2, 0.25) is 0 Å². The number of benzene rings is 1. The summed E-state index contributed by atoms with van der Waals surface area (Å²) < 4.78 is 5.67. The first kappa shape index (κ1) is 9.65. The third-order valence-corrected chi connectivity index (χ3v) is 2.36. The summed E-state index contributed by atoms with van der Waals surface area (Å²) in [5.74, 6) is 1.88. The van der Waals surface area contributed by atoms with Gasteiger partial charge in [0.15, 0.2) is 5.95 Å². The van der Waals surface area contributed by atoms with Gasteiger partial charge in [0.25, 0.3) is 0 Å². The Labute approximate surface area is 97.3 Å². The molecule has 0 radical (unpaired) electrons. The van der Waals surface area contributed by atoms with E-state index in [2.05, 4.69) is 15.0 Å². The molecule has 3 aromatic rings. The molecule has 3 N–H and O–H groups in total. The zero-order valence-electron chi connectivity index (χ0n) is 8.92. The lowest BCUT2D eigenvalue weighted by atomic mass is 10.3. The van der Waals surface area contributed by atoms with E-state index in [-0.39, 0.29) is 0 Å². The Balaban J connectivity index is 1.95. The monoisotopic (exact) mass is 226 g/mol. The largest absolute Gasteiger partial charge is 0.457 e. The van der Waals surface area contributed by atoms with Gasteiger partial charge in [0.2, 0.25) is 0 Å². The summed E-state index contributed by atoms with van der Waals surface area (Å²) in [7, 11) is 0. The average molecular weight is 226 g/mol. The van der Waals surface area contributed by atoms with Crippen molar-refractivity contribution in [2.75, 3.05) is 5.73 Å². The number of aromatic amines is 1. The van der Waals surface area contributed by atoms with Crippen molar-refractivity contribution in [2.24, 2.45) is 0 Å². The van der Waals surface area contributed by atoms with Gasteiger partial charge >= 0.3 is 0 Å². The van der Waals surface area contributed by atoms with E-state index in [1.54, 1.807) is 24.5 Å². The molecular formula is C12H10N4O. The van der Waals surface area contributed by atoms with Crippen LogP contribution in [-0.2, 0) is 0 Å². The molecule has 5 heteroatoms. The molecular weight excluding hydrogens is 216 g/mol. The number of imidazole rings is 1. The van der Waals surface area contributed by atoms with Gasteiger partial charge in [-0.15, -0.1) is 0 Å². The van der Waals surface area contributed by atoms with E-state index in [0.29, 0.717) is 5.95 Å². The van der Waals surface area contributed by atoms with Gasteiger partial charge in [-0.1, -0.05) is 0 Å². The van der Waals surface area contributed by atoms with Gasteiger partial charge in [-0.25, -0.2) is 4.98 Å². The lowest BCUT2D eigenvalue weighted by Gasteiger charge is -2.04. The van der Waals surface area contributed by atoms with Gasteiger partial charge in [-0.3, -0.25) is 4.98 Å². The molecule has 2 heterocycles. The predicted octanol–water partition coefficient (Wildman–Crippen LogP) is 2.33. The van der Waals surface area contributed by atoms with Crippen LogP contribution >= 0.6 is 0 Å². The first-order valence-electron chi connectivity index (χ1n) is 5.14. The number of rotatable bonds is 2. The predicted molar refractivity (Wildman–Crippen MR) is 64.8 cm³/mol. The summed E-state index contributed by atoms with van der Waals surface area (Å²) >= 11 is 0. The number of ether oxygens (including phenoxy) is 1. The molecule has 0 unspecified atom stereocenters. The quantitative estimate of drug-likeness (QED) is 0.703. The normalized spacial score (nSPS) is 10.6. The van der Waals surface area contributed by atoms with Crippen LogP contribution in [0.15, 0.2) is 42.7 Å². The highest BCUT2D eigenvalue weighted by atomic mass is 16.5. The van der Waals surface area contributed by atoms with Crippen LogP contribution in [0.25, 0.3) is 11.0 Å². The number of fused-ring (bicyclic) bond motifs is 1. The summed E-state index contributed by atoms with van der Waals surface area (Å²) in [4.78, 5) is 11.0. The molecule has 0 aliphatic carbocycles. The first-order valence-corrected chi connectivity index (χ1v) is 5.14. The van der Waals surface area contributed by atoms with Crippen LogP contribution in [0.4, 0.5) is 5.95 Å². The Kier molecular flexibility index (Phi) is 2.15. The molecule has 0 amide bonds. The zero-order chi connectivity index (χ0) is 11.7. The van der Waals surface area contributed by atoms with Crippen LogP contribution in [-0.4, -0.2) is 15.0 Å². The summed E-state index contributed by atoms with van der Waals surface area (Å²) in [6.07, 6.45) is 3.37. The molecule has 5 nitrogen and oxygen atoms in total. The number of nitrogen functional groups attached to an aromatic ring is 1. The number of hydrogen-bond donors (Lipinski definition) is 2. The Morgan fingerprint density at radius 2 is 1.88 bits per heavy atom. The van der Waals surface area contributed by atoms with Crippen LogP contribution in [0, 0.1) is 0 Å². The maximum Gasteiger partial charge on any atom is 0.198 e. The third-order valence-electron chi connectivity index (χ3n) is 2.36. The second kappa shape index (κ2) is 3.79. The van der Waals surface area contributed by atoms with Crippen LogP contribution in [0.3, 0.4) is 0 Å². The Morgan fingerprint density at radius 3 is 2.71 bits per heavy atom. The summed E-state index contributed by atoms with van der Waals surface area (Å²) in [5, 5.41) is 0. The van der Waals surface area contributed by atoms with Crippen molar-refractivity contribution < 1.29 is 4.74 Å². The average Bonchev–Trinajstić information content (AvgIpc) is 2.70. The molecule has 84 valence electrons. The minimum Gasteiger partial charge on any atom is -0.457 e. The van der Waals surface area contributed by atoms with E-state index >= 15 is 0 Å². The molecule has 17 heavy (non-hydrogen) atoms. The standard InChI is InChI=1S/C12H10N4O/c13-12-15-10-2-1-9(7-11(10)16-12)17-8-3-5-14-6-4-8/h1-7H,(H3,13,15,16). The first-order chi connectivity index (χ1) is 8.31. The smallest absolute Gasteiger partial charge is 0.198 e. The molecule has 1 aromatic carbocycles. The number of nitrogens with two attached hydrogens (primary N) is 1. The molecule has 0 aliphatic heterocycles. The van der Waals surface area contributed by atoms with Crippen LogP contribution < -0.4 is 10.5 Å². The lowest BCUT2D eigenvalue weighted by Crippen LogP contribution is -1.84. The van der Waals surface area contributed by atoms with E-state index in [4.69, 9.17) is 10.5 Å². The number of nitrogens with zero attached hydrogens (tertiary/aromatic N) is 2. The van der Waals surface area contributed by atoms with Crippen molar-refractivity contribution in [3.8, 4) is 11.5 Å². The highest BCUT2D eigenvalue weighted by Gasteiger charge is 2.02. The van der Waals surface area contributed by atoms with Gasteiger partial charge in [-0.2, -0.15) is 0 Å². The lowest BCUT2D eigenvalue weighted by molar-refractivity contribution is 0.482. The molecule has 2 aromatic heterocycles. The number of nitrogens with one attached hydrogen (secondary N) is 1. The maximum absolute atomic E-state index is 5.67. The van der Waals surface area contributed by atoms with Crippen molar-refractivity contribution in [3.05, 3.63) is 42.7 Å². The second-order valence-corrected chi connectivity index (χ2v) is 3.59. The third kappa shape index (κ3) is 1.90.